The minimum atomic E-state index is -0.604. The second-order valence-electron chi connectivity index (χ2n) is 3.74. The molecule has 0 aliphatic heterocycles. The average molecular weight is 235 g/mol. The van der Waals surface area contributed by atoms with Crippen molar-refractivity contribution in [3.8, 4) is 0 Å². The van der Waals surface area contributed by atoms with Gasteiger partial charge in [-0.15, -0.1) is 11.8 Å². The van der Waals surface area contributed by atoms with Gasteiger partial charge in [0.1, 0.15) is 0 Å². The molecule has 0 rings (SSSR count). The summed E-state index contributed by atoms with van der Waals surface area (Å²) in [6.07, 6.45) is -0.604. The first kappa shape index (κ1) is 14.7. The molecule has 0 aromatic rings. The molecule has 0 aromatic heterocycles. The van der Waals surface area contributed by atoms with Gasteiger partial charge in [0.25, 0.3) is 0 Å². The molecule has 0 bridgehead atoms. The minimum absolute atomic E-state index is 0.0452. The molecular formula is C10H21NO3S. The van der Waals surface area contributed by atoms with Gasteiger partial charge in [-0.2, -0.15) is 0 Å². The monoisotopic (exact) mass is 235 g/mol. The summed E-state index contributed by atoms with van der Waals surface area (Å²) in [4.78, 5) is 13.1. The molecule has 1 N–H and O–H groups in total. The van der Waals surface area contributed by atoms with Crippen molar-refractivity contribution >= 4 is 17.7 Å². The smallest absolute Gasteiger partial charge is 0.232 e. The molecule has 1 amide bonds. The molecule has 1 unspecified atom stereocenters. The molecule has 0 saturated carbocycles. The van der Waals surface area contributed by atoms with Gasteiger partial charge < -0.3 is 14.7 Å². The highest BCUT2D eigenvalue weighted by molar-refractivity contribution is 8.00. The van der Waals surface area contributed by atoms with Crippen LogP contribution in [0.1, 0.15) is 13.8 Å². The number of hydrogen-bond acceptors (Lipinski definition) is 4. The van der Waals surface area contributed by atoms with E-state index in [2.05, 4.69) is 13.8 Å². The van der Waals surface area contributed by atoms with Crippen LogP contribution < -0.4 is 0 Å². The van der Waals surface area contributed by atoms with Gasteiger partial charge in [0, 0.05) is 20.7 Å². The fourth-order valence-corrected chi connectivity index (χ4v) is 1.71. The molecular weight excluding hydrogens is 214 g/mol. The summed E-state index contributed by atoms with van der Waals surface area (Å²) >= 11 is 1.60. The van der Waals surface area contributed by atoms with E-state index in [1.54, 1.807) is 23.7 Å². The number of nitrogens with zero attached hydrogens (tertiary/aromatic N) is 1. The summed E-state index contributed by atoms with van der Waals surface area (Å²) in [6, 6.07) is 0. The number of aliphatic hydroxyl groups is 1. The van der Waals surface area contributed by atoms with Crippen molar-refractivity contribution in [2.45, 2.75) is 25.2 Å². The van der Waals surface area contributed by atoms with Crippen molar-refractivity contribution in [2.75, 3.05) is 33.1 Å². The molecule has 0 saturated heterocycles. The van der Waals surface area contributed by atoms with E-state index in [9.17, 15) is 9.90 Å². The minimum Gasteiger partial charge on any atom is -0.389 e. The Labute approximate surface area is 96.0 Å². The molecule has 0 aromatic carbocycles. The van der Waals surface area contributed by atoms with Gasteiger partial charge in [-0.3, -0.25) is 4.79 Å². The molecule has 1 atom stereocenters. The number of rotatable bonds is 7. The maximum atomic E-state index is 11.5. The zero-order valence-corrected chi connectivity index (χ0v) is 10.7. The Balaban J connectivity index is 3.78. The van der Waals surface area contributed by atoms with E-state index in [-0.39, 0.29) is 12.5 Å². The van der Waals surface area contributed by atoms with E-state index < -0.39 is 6.10 Å². The first-order valence-corrected chi connectivity index (χ1v) is 6.04. The third-order valence-electron chi connectivity index (χ3n) is 1.81. The Morgan fingerprint density at radius 2 is 2.13 bits per heavy atom. The van der Waals surface area contributed by atoms with E-state index in [0.717, 1.165) is 0 Å². The van der Waals surface area contributed by atoms with Crippen LogP contribution in [0, 0.1) is 0 Å². The highest BCUT2D eigenvalue weighted by atomic mass is 32.2. The van der Waals surface area contributed by atoms with Crippen LogP contribution in [0.15, 0.2) is 0 Å². The number of amides is 1. The first-order chi connectivity index (χ1) is 6.97. The maximum absolute atomic E-state index is 11.5. The summed E-state index contributed by atoms with van der Waals surface area (Å²) in [6.45, 7) is 4.69. The van der Waals surface area contributed by atoms with Crippen molar-refractivity contribution in [3.05, 3.63) is 0 Å². The number of thioether (sulfide) groups is 1. The first-order valence-electron chi connectivity index (χ1n) is 5.00. The van der Waals surface area contributed by atoms with Gasteiger partial charge in [0.2, 0.25) is 5.91 Å². The van der Waals surface area contributed by atoms with Gasteiger partial charge in [-0.1, -0.05) is 13.8 Å². The lowest BCUT2D eigenvalue weighted by Gasteiger charge is -2.20. The van der Waals surface area contributed by atoms with Crippen LogP contribution in [-0.2, 0) is 9.53 Å². The topological polar surface area (TPSA) is 49.8 Å². The van der Waals surface area contributed by atoms with Crippen LogP contribution in [0.5, 0.6) is 0 Å². The third kappa shape index (κ3) is 7.64. The van der Waals surface area contributed by atoms with E-state index in [1.165, 1.54) is 7.11 Å². The third-order valence-corrected chi connectivity index (χ3v) is 2.89. The van der Waals surface area contributed by atoms with Crippen molar-refractivity contribution in [3.63, 3.8) is 0 Å². The van der Waals surface area contributed by atoms with Gasteiger partial charge in [0.15, 0.2) is 0 Å². The molecule has 90 valence electrons. The molecule has 4 nitrogen and oxygen atoms in total. The van der Waals surface area contributed by atoms with Crippen LogP contribution in [0.4, 0.5) is 0 Å². The molecule has 0 aliphatic carbocycles. The summed E-state index contributed by atoms with van der Waals surface area (Å²) in [5.41, 5.74) is 0. The van der Waals surface area contributed by atoms with E-state index >= 15 is 0 Å². The zero-order valence-electron chi connectivity index (χ0n) is 9.90. The number of ether oxygens (including phenoxy) is 1. The van der Waals surface area contributed by atoms with Gasteiger partial charge in [-0.25, -0.2) is 0 Å². The lowest BCUT2D eigenvalue weighted by Crippen LogP contribution is -2.37. The van der Waals surface area contributed by atoms with Crippen molar-refractivity contribution < 1.29 is 14.6 Å². The fraction of sp³-hybridized carbons (Fsp3) is 0.900. The maximum Gasteiger partial charge on any atom is 0.232 e. The molecule has 0 radical (unpaired) electrons. The Morgan fingerprint density at radius 3 is 2.60 bits per heavy atom. The molecule has 0 fully saturated rings. The highest BCUT2D eigenvalue weighted by Crippen LogP contribution is 2.09. The van der Waals surface area contributed by atoms with Crippen molar-refractivity contribution in [1.29, 1.82) is 0 Å². The number of likely N-dealkylation sites (N-methyl/N-ethyl adjacent to an activating group) is 1. The van der Waals surface area contributed by atoms with Crippen LogP contribution in [0.2, 0.25) is 0 Å². The quantitative estimate of drug-likeness (QED) is 0.702. The largest absolute Gasteiger partial charge is 0.389 e. The summed E-state index contributed by atoms with van der Waals surface area (Å²) in [5, 5.41) is 9.87. The number of aliphatic hydroxyl groups excluding tert-OH is 1. The van der Waals surface area contributed by atoms with E-state index in [1.807, 2.05) is 0 Å². The standard InChI is InChI=1S/C10H21NO3S/c1-8(2)15-7-10(13)11(3)5-9(12)6-14-4/h8-9,12H,5-7H2,1-4H3. The van der Waals surface area contributed by atoms with Crippen LogP contribution in [-0.4, -0.2) is 60.3 Å². The second kappa shape index (κ2) is 7.96. The Kier molecular flexibility index (Phi) is 7.82. The second-order valence-corrected chi connectivity index (χ2v) is 5.31. The Morgan fingerprint density at radius 1 is 1.53 bits per heavy atom. The molecule has 15 heavy (non-hydrogen) atoms. The summed E-state index contributed by atoms with van der Waals surface area (Å²) < 4.78 is 4.79. The van der Waals surface area contributed by atoms with Crippen LogP contribution in [0.25, 0.3) is 0 Å². The molecule has 0 spiro atoms. The predicted octanol–water partition coefficient (Wildman–Crippen LogP) is 0.594. The molecule has 0 aliphatic rings. The van der Waals surface area contributed by atoms with Crippen molar-refractivity contribution in [2.24, 2.45) is 0 Å². The Hall–Kier alpha value is -0.260. The number of hydrogen-bond donors (Lipinski definition) is 1. The Bertz CT molecular complexity index is 188. The number of carbonyl (C=O) groups excluding carboxylic acids is 1. The van der Waals surface area contributed by atoms with Crippen LogP contribution in [0.3, 0.4) is 0 Å². The van der Waals surface area contributed by atoms with Gasteiger partial charge in [-0.05, 0) is 5.25 Å². The van der Waals surface area contributed by atoms with Crippen LogP contribution >= 0.6 is 11.8 Å². The number of methoxy groups -OCH3 is 1. The van der Waals surface area contributed by atoms with Crippen molar-refractivity contribution in [1.82, 2.24) is 4.90 Å². The molecule has 0 heterocycles. The number of carbonyl (C=O) groups is 1. The normalized spacial score (nSPS) is 12.9. The predicted molar refractivity (Wildman–Crippen MR) is 63.1 cm³/mol. The average Bonchev–Trinajstić information content (AvgIpc) is 2.14. The SMILES string of the molecule is COCC(O)CN(C)C(=O)CSC(C)C. The van der Waals surface area contributed by atoms with Gasteiger partial charge >= 0.3 is 0 Å². The van der Waals surface area contributed by atoms with Gasteiger partial charge in [0.05, 0.1) is 18.5 Å². The van der Waals surface area contributed by atoms with E-state index in [4.69, 9.17) is 4.74 Å². The summed E-state index contributed by atoms with van der Waals surface area (Å²) in [5.74, 6) is 0.511. The zero-order chi connectivity index (χ0) is 11.8. The summed E-state index contributed by atoms with van der Waals surface area (Å²) in [7, 11) is 3.22. The highest BCUT2D eigenvalue weighted by Gasteiger charge is 2.13. The molecule has 5 heteroatoms. The lowest BCUT2D eigenvalue weighted by atomic mass is 10.3. The fourth-order valence-electron chi connectivity index (χ4n) is 1.01. The van der Waals surface area contributed by atoms with E-state index in [0.29, 0.717) is 17.5 Å². The lowest BCUT2D eigenvalue weighted by molar-refractivity contribution is -0.128.